The van der Waals surface area contributed by atoms with E-state index < -0.39 is 10.0 Å². The number of piperidine rings is 1. The highest BCUT2D eigenvalue weighted by molar-refractivity contribution is 7.89. The third-order valence-electron chi connectivity index (χ3n) is 3.86. The molecule has 1 aromatic heterocycles. The highest BCUT2D eigenvalue weighted by Crippen LogP contribution is 2.20. The van der Waals surface area contributed by atoms with Crippen LogP contribution in [0.5, 0.6) is 0 Å². The van der Waals surface area contributed by atoms with E-state index in [9.17, 15) is 13.5 Å². The zero-order chi connectivity index (χ0) is 14.9. The summed E-state index contributed by atoms with van der Waals surface area (Å²) in [6.07, 6.45) is 0.773. The number of likely N-dealkylation sites (tertiary alicyclic amines) is 1. The maximum Gasteiger partial charge on any atom is 0.260 e. The zero-order valence-electron chi connectivity index (χ0n) is 12.0. The first-order valence-electron chi connectivity index (χ1n) is 6.70. The maximum absolute atomic E-state index is 12.4. The second-order valence-electron chi connectivity index (χ2n) is 5.55. The van der Waals surface area contributed by atoms with Gasteiger partial charge in [0.2, 0.25) is 0 Å². The second kappa shape index (κ2) is 5.80. The van der Waals surface area contributed by atoms with Crippen molar-refractivity contribution in [2.75, 3.05) is 20.1 Å². The molecule has 2 rings (SSSR count). The van der Waals surface area contributed by atoms with E-state index in [2.05, 4.69) is 19.8 Å². The monoisotopic (exact) mass is 302 g/mol. The number of H-pyrrole nitrogens is 1. The summed E-state index contributed by atoms with van der Waals surface area (Å²) in [5, 5.41) is 15.6. The van der Waals surface area contributed by atoms with Gasteiger partial charge in [-0.05, 0) is 32.9 Å². The first-order valence-corrected chi connectivity index (χ1v) is 8.19. The molecule has 20 heavy (non-hydrogen) atoms. The normalized spacial score (nSPS) is 25.0. The summed E-state index contributed by atoms with van der Waals surface area (Å²) in [6.45, 7) is 5.10. The maximum atomic E-state index is 12.4. The van der Waals surface area contributed by atoms with Crippen molar-refractivity contribution in [2.24, 2.45) is 5.92 Å². The van der Waals surface area contributed by atoms with Crippen molar-refractivity contribution in [1.82, 2.24) is 19.8 Å². The van der Waals surface area contributed by atoms with Crippen molar-refractivity contribution in [3.8, 4) is 0 Å². The van der Waals surface area contributed by atoms with Crippen LogP contribution in [0.2, 0.25) is 0 Å². The molecule has 2 heterocycles. The van der Waals surface area contributed by atoms with Gasteiger partial charge in [-0.25, -0.2) is 13.1 Å². The number of aryl methyl sites for hydroxylation is 1. The van der Waals surface area contributed by atoms with Gasteiger partial charge in [0.25, 0.3) is 10.0 Å². The average Bonchev–Trinajstić information content (AvgIpc) is 2.74. The molecule has 8 heteroatoms. The lowest BCUT2D eigenvalue weighted by Crippen LogP contribution is -2.48. The van der Waals surface area contributed by atoms with Crippen LogP contribution >= 0.6 is 0 Å². The van der Waals surface area contributed by atoms with Crippen LogP contribution in [0.1, 0.15) is 24.6 Å². The van der Waals surface area contributed by atoms with E-state index in [1.165, 1.54) is 0 Å². The number of aliphatic hydroxyl groups excluding tert-OH is 1. The Kier molecular flexibility index (Phi) is 4.48. The average molecular weight is 302 g/mol. The summed E-state index contributed by atoms with van der Waals surface area (Å²) in [4.78, 5) is 2.19. The van der Waals surface area contributed by atoms with E-state index in [1.54, 1.807) is 6.92 Å². The molecule has 7 nitrogen and oxygen atoms in total. The number of nitrogens with zero attached hydrogens (tertiary/aromatic N) is 2. The second-order valence-corrected chi connectivity index (χ2v) is 7.18. The van der Waals surface area contributed by atoms with Gasteiger partial charge in [-0.3, -0.25) is 5.10 Å². The molecular weight excluding hydrogens is 280 g/mol. The van der Waals surface area contributed by atoms with Crippen LogP contribution in [0.4, 0.5) is 0 Å². The van der Waals surface area contributed by atoms with Crippen LogP contribution in [-0.4, -0.2) is 54.8 Å². The number of aliphatic hydroxyl groups is 1. The number of rotatable bonds is 4. The summed E-state index contributed by atoms with van der Waals surface area (Å²) in [5.41, 5.74) is 0.905. The summed E-state index contributed by atoms with van der Waals surface area (Å²) in [7, 11) is -1.67. The Hall–Kier alpha value is -0.960. The van der Waals surface area contributed by atoms with Crippen LogP contribution in [-0.2, 0) is 16.6 Å². The van der Waals surface area contributed by atoms with Gasteiger partial charge in [-0.2, -0.15) is 5.10 Å². The summed E-state index contributed by atoms with van der Waals surface area (Å²) in [6, 6.07) is -0.0975. The lowest BCUT2D eigenvalue weighted by atomic mass is 9.95. The summed E-state index contributed by atoms with van der Waals surface area (Å²) >= 11 is 0. The Morgan fingerprint density at radius 2 is 2.25 bits per heavy atom. The van der Waals surface area contributed by atoms with Crippen molar-refractivity contribution in [3.05, 3.63) is 11.3 Å². The molecule has 0 aliphatic carbocycles. The summed E-state index contributed by atoms with van der Waals surface area (Å²) in [5.74, 6) is 0.237. The Labute approximate surface area is 119 Å². The molecule has 1 aromatic rings. The minimum atomic E-state index is -3.70. The molecule has 0 aromatic carbocycles. The predicted molar refractivity (Wildman–Crippen MR) is 74.6 cm³/mol. The molecule has 1 aliphatic heterocycles. The lowest BCUT2D eigenvalue weighted by molar-refractivity contribution is 0.188. The van der Waals surface area contributed by atoms with Gasteiger partial charge in [0.1, 0.15) is 0 Å². The number of sulfonamides is 1. The van der Waals surface area contributed by atoms with Gasteiger partial charge < -0.3 is 10.0 Å². The molecule has 1 aliphatic rings. The molecule has 0 amide bonds. The van der Waals surface area contributed by atoms with Gasteiger partial charge >= 0.3 is 0 Å². The van der Waals surface area contributed by atoms with Gasteiger partial charge in [0.15, 0.2) is 5.03 Å². The highest BCUT2D eigenvalue weighted by Gasteiger charge is 2.31. The molecule has 2 unspecified atom stereocenters. The molecule has 114 valence electrons. The fourth-order valence-corrected chi connectivity index (χ4v) is 4.19. The van der Waals surface area contributed by atoms with E-state index in [0.29, 0.717) is 11.3 Å². The third kappa shape index (κ3) is 3.03. The van der Waals surface area contributed by atoms with E-state index in [-0.39, 0.29) is 23.6 Å². The Bertz CT molecular complexity index is 569. The molecule has 0 radical (unpaired) electrons. The molecule has 0 saturated carbocycles. The smallest absolute Gasteiger partial charge is 0.260 e. The van der Waals surface area contributed by atoms with Crippen molar-refractivity contribution in [1.29, 1.82) is 0 Å². The Morgan fingerprint density at radius 3 is 2.85 bits per heavy atom. The van der Waals surface area contributed by atoms with E-state index in [0.717, 1.165) is 19.5 Å². The third-order valence-corrected chi connectivity index (χ3v) is 5.32. The van der Waals surface area contributed by atoms with Crippen LogP contribution in [0.3, 0.4) is 0 Å². The van der Waals surface area contributed by atoms with Gasteiger partial charge in [-0.15, -0.1) is 0 Å². The number of hydrogen-bond acceptors (Lipinski definition) is 5. The minimum Gasteiger partial charge on any atom is -0.392 e. The first kappa shape index (κ1) is 15.4. The van der Waals surface area contributed by atoms with Gasteiger partial charge in [0, 0.05) is 23.8 Å². The molecule has 0 spiro atoms. The molecular formula is C12H22N4O3S. The quantitative estimate of drug-likeness (QED) is 0.717. The first-order chi connectivity index (χ1) is 9.35. The fraction of sp³-hybridized carbons (Fsp3) is 0.750. The lowest BCUT2D eigenvalue weighted by Gasteiger charge is -2.34. The summed E-state index contributed by atoms with van der Waals surface area (Å²) < 4.78 is 27.5. The standard InChI is InChI=1S/C12H22N4O3S/c1-8-6-16(3)5-4-11(8)15-20(18,19)12-10(7-17)9(2)13-14-12/h8,11,15,17H,4-7H2,1-3H3,(H,13,14). The van der Waals surface area contributed by atoms with Crippen LogP contribution in [0.15, 0.2) is 5.03 Å². The van der Waals surface area contributed by atoms with E-state index in [1.807, 2.05) is 14.0 Å². The van der Waals surface area contributed by atoms with Crippen LogP contribution in [0.25, 0.3) is 0 Å². The van der Waals surface area contributed by atoms with Crippen molar-refractivity contribution < 1.29 is 13.5 Å². The van der Waals surface area contributed by atoms with E-state index >= 15 is 0 Å². The van der Waals surface area contributed by atoms with Crippen molar-refractivity contribution >= 4 is 10.0 Å². The number of aromatic amines is 1. The molecule has 0 bridgehead atoms. The number of nitrogens with one attached hydrogen (secondary N) is 2. The minimum absolute atomic E-state index is 0.0939. The Morgan fingerprint density at radius 1 is 1.55 bits per heavy atom. The number of aromatic nitrogens is 2. The topological polar surface area (TPSA) is 98.3 Å². The fourth-order valence-electron chi connectivity index (χ4n) is 2.62. The SMILES string of the molecule is Cc1[nH]nc(S(=O)(=O)NC2CCN(C)CC2C)c1CO. The molecule has 3 N–H and O–H groups in total. The Balaban J connectivity index is 2.19. The molecule has 1 saturated heterocycles. The predicted octanol–water partition coefficient (Wildman–Crippen LogP) is -0.171. The van der Waals surface area contributed by atoms with Gasteiger partial charge in [0.05, 0.1) is 6.61 Å². The molecule has 2 atom stereocenters. The van der Waals surface area contributed by atoms with E-state index in [4.69, 9.17) is 0 Å². The number of hydrogen-bond donors (Lipinski definition) is 3. The largest absolute Gasteiger partial charge is 0.392 e. The highest BCUT2D eigenvalue weighted by atomic mass is 32.2. The van der Waals surface area contributed by atoms with Gasteiger partial charge in [-0.1, -0.05) is 6.92 Å². The van der Waals surface area contributed by atoms with Crippen molar-refractivity contribution in [3.63, 3.8) is 0 Å². The zero-order valence-corrected chi connectivity index (χ0v) is 12.9. The van der Waals surface area contributed by atoms with Crippen molar-refractivity contribution in [2.45, 2.75) is 37.9 Å². The van der Waals surface area contributed by atoms with Crippen LogP contribution < -0.4 is 4.72 Å². The molecule has 1 fully saturated rings. The van der Waals surface area contributed by atoms with Crippen LogP contribution in [0, 0.1) is 12.8 Å².